The summed E-state index contributed by atoms with van der Waals surface area (Å²) in [5.74, 6) is -0.850. The van der Waals surface area contributed by atoms with E-state index in [1.54, 1.807) is 17.4 Å². The monoisotopic (exact) mass is 393 g/mol. The van der Waals surface area contributed by atoms with Crippen LogP contribution in [0.4, 0.5) is 5.13 Å². The maximum absolute atomic E-state index is 11.0. The summed E-state index contributed by atoms with van der Waals surface area (Å²) < 4.78 is 1.12. The lowest BCUT2D eigenvalue weighted by Crippen LogP contribution is -2.45. The summed E-state index contributed by atoms with van der Waals surface area (Å²) in [6, 6.07) is 9.40. The van der Waals surface area contributed by atoms with Gasteiger partial charge in [-0.2, -0.15) is 0 Å². The third-order valence-electron chi connectivity index (χ3n) is 4.23. The Kier molecular flexibility index (Phi) is 4.64. The number of benzene rings is 1. The van der Waals surface area contributed by atoms with Gasteiger partial charge < -0.3 is 10.0 Å². The normalized spacial score (nSPS) is 15.8. The second kappa shape index (κ2) is 6.92. The van der Waals surface area contributed by atoms with Gasteiger partial charge in [-0.3, -0.25) is 4.90 Å². The highest BCUT2D eigenvalue weighted by Gasteiger charge is 2.20. The molecule has 2 aromatic heterocycles. The largest absolute Gasteiger partial charge is 0.477 e. The fourth-order valence-electron chi connectivity index (χ4n) is 2.92. The second-order valence-corrected chi connectivity index (χ2v) is 8.56. The molecular weight excluding hydrogens is 378 g/mol. The van der Waals surface area contributed by atoms with Crippen molar-refractivity contribution in [3.05, 3.63) is 45.1 Å². The average molecular weight is 394 g/mol. The van der Waals surface area contributed by atoms with Gasteiger partial charge in [0.1, 0.15) is 4.88 Å². The lowest BCUT2D eigenvalue weighted by atomic mass is 10.3. The number of fused-ring (bicyclic) bond motifs is 1. The molecule has 5 nitrogen and oxygen atoms in total. The summed E-state index contributed by atoms with van der Waals surface area (Å²) in [7, 11) is 0. The van der Waals surface area contributed by atoms with Gasteiger partial charge in [0.05, 0.1) is 10.2 Å². The summed E-state index contributed by atoms with van der Waals surface area (Å²) >= 11 is 9.09. The van der Waals surface area contributed by atoms with Crippen LogP contribution in [0.1, 0.15) is 14.5 Å². The van der Waals surface area contributed by atoms with Crippen LogP contribution in [0.2, 0.25) is 5.02 Å². The van der Waals surface area contributed by atoms with E-state index in [4.69, 9.17) is 21.7 Å². The fourth-order valence-corrected chi connectivity index (χ4v) is 5.10. The zero-order valence-electron chi connectivity index (χ0n) is 13.3. The molecule has 4 rings (SSSR count). The number of piperazine rings is 1. The lowest BCUT2D eigenvalue weighted by Gasteiger charge is -2.34. The predicted octanol–water partition coefficient (Wildman–Crippen LogP) is 4.03. The Labute approximate surface area is 158 Å². The van der Waals surface area contributed by atoms with Crippen molar-refractivity contribution < 1.29 is 9.90 Å². The molecule has 1 saturated heterocycles. The van der Waals surface area contributed by atoms with Gasteiger partial charge in [-0.05, 0) is 30.3 Å². The Balaban J connectivity index is 1.39. The van der Waals surface area contributed by atoms with Gasteiger partial charge in [-0.15, -0.1) is 11.3 Å². The molecule has 0 radical (unpaired) electrons. The number of aromatic carboxylic acids is 1. The number of halogens is 1. The van der Waals surface area contributed by atoms with Crippen LogP contribution in [0.5, 0.6) is 0 Å². The van der Waals surface area contributed by atoms with Crippen LogP contribution in [0.25, 0.3) is 10.2 Å². The minimum absolute atomic E-state index is 0.404. The molecule has 1 aromatic carbocycles. The molecule has 1 aliphatic heterocycles. The molecule has 1 aliphatic rings. The molecule has 0 atom stereocenters. The molecule has 1 N–H and O–H groups in total. The van der Waals surface area contributed by atoms with Crippen LogP contribution in [0.15, 0.2) is 30.3 Å². The molecule has 130 valence electrons. The van der Waals surface area contributed by atoms with Crippen molar-refractivity contribution in [2.24, 2.45) is 0 Å². The van der Waals surface area contributed by atoms with E-state index < -0.39 is 5.97 Å². The topological polar surface area (TPSA) is 56.7 Å². The molecule has 8 heteroatoms. The Morgan fingerprint density at radius 3 is 2.68 bits per heavy atom. The lowest BCUT2D eigenvalue weighted by molar-refractivity contribution is 0.0702. The summed E-state index contributed by atoms with van der Waals surface area (Å²) in [5, 5.41) is 10.8. The number of hydrogen-bond acceptors (Lipinski definition) is 6. The zero-order valence-corrected chi connectivity index (χ0v) is 15.7. The first kappa shape index (κ1) is 16.8. The number of carboxylic acids is 1. The van der Waals surface area contributed by atoms with E-state index in [0.29, 0.717) is 4.88 Å². The molecule has 3 aromatic rings. The Morgan fingerprint density at radius 2 is 1.96 bits per heavy atom. The molecule has 0 aliphatic carbocycles. The summed E-state index contributed by atoms with van der Waals surface area (Å²) in [6.45, 7) is 4.53. The smallest absolute Gasteiger partial charge is 0.345 e. The highest BCUT2D eigenvalue weighted by atomic mass is 35.5. The standard InChI is InChI=1S/C17H16ClN3O2S2/c18-11-1-3-13-15(9-11)25-17(19-13)21-7-5-20(6-8-21)10-12-2-4-14(24-12)16(22)23/h1-4,9H,5-8,10H2,(H,22,23). The Bertz CT molecular complexity index is 916. The number of rotatable bonds is 4. The van der Waals surface area contributed by atoms with Gasteiger partial charge in [0.2, 0.25) is 0 Å². The third kappa shape index (κ3) is 3.64. The van der Waals surface area contributed by atoms with Crippen molar-refractivity contribution in [1.82, 2.24) is 9.88 Å². The molecule has 0 saturated carbocycles. The van der Waals surface area contributed by atoms with Crippen molar-refractivity contribution in [3.8, 4) is 0 Å². The van der Waals surface area contributed by atoms with E-state index in [-0.39, 0.29) is 0 Å². The number of hydrogen-bond donors (Lipinski definition) is 1. The average Bonchev–Trinajstić information content (AvgIpc) is 3.22. The van der Waals surface area contributed by atoms with Crippen molar-refractivity contribution in [1.29, 1.82) is 0 Å². The van der Waals surface area contributed by atoms with Gasteiger partial charge in [-0.25, -0.2) is 9.78 Å². The molecule has 0 spiro atoms. The predicted molar refractivity (Wildman–Crippen MR) is 103 cm³/mol. The highest BCUT2D eigenvalue weighted by Crippen LogP contribution is 2.31. The van der Waals surface area contributed by atoms with Crippen LogP contribution in [-0.4, -0.2) is 47.1 Å². The molecule has 0 bridgehead atoms. The highest BCUT2D eigenvalue weighted by molar-refractivity contribution is 7.22. The van der Waals surface area contributed by atoms with Crippen LogP contribution < -0.4 is 4.90 Å². The molecule has 1 fully saturated rings. The van der Waals surface area contributed by atoms with E-state index in [1.165, 1.54) is 11.3 Å². The fraction of sp³-hybridized carbons (Fsp3) is 0.294. The number of carboxylic acid groups (broad SMARTS) is 1. The van der Waals surface area contributed by atoms with E-state index in [2.05, 4.69) is 9.80 Å². The van der Waals surface area contributed by atoms with E-state index in [9.17, 15) is 4.79 Å². The molecule has 0 unspecified atom stereocenters. The SMILES string of the molecule is O=C(O)c1ccc(CN2CCN(c3nc4ccc(Cl)cc4s3)CC2)s1. The van der Waals surface area contributed by atoms with Crippen molar-refractivity contribution in [3.63, 3.8) is 0 Å². The van der Waals surface area contributed by atoms with Crippen molar-refractivity contribution in [2.75, 3.05) is 31.1 Å². The van der Waals surface area contributed by atoms with E-state index in [0.717, 1.165) is 58.0 Å². The quantitative estimate of drug-likeness (QED) is 0.725. The first-order valence-corrected chi connectivity index (χ1v) is 9.95. The zero-order chi connectivity index (χ0) is 17.4. The van der Waals surface area contributed by atoms with Gasteiger partial charge in [0.25, 0.3) is 0 Å². The summed E-state index contributed by atoms with van der Waals surface area (Å²) in [5.41, 5.74) is 0.992. The molecule has 0 amide bonds. The Morgan fingerprint density at radius 1 is 1.16 bits per heavy atom. The third-order valence-corrected chi connectivity index (χ3v) is 6.61. The maximum atomic E-state index is 11.0. The number of anilines is 1. The number of carbonyl (C=O) groups is 1. The summed E-state index contributed by atoms with van der Waals surface area (Å²) in [4.78, 5) is 21.9. The number of thiophene rings is 1. The number of aromatic nitrogens is 1. The minimum Gasteiger partial charge on any atom is -0.477 e. The van der Waals surface area contributed by atoms with Crippen LogP contribution in [-0.2, 0) is 6.54 Å². The molecule has 25 heavy (non-hydrogen) atoms. The van der Waals surface area contributed by atoms with Crippen molar-refractivity contribution >= 4 is 55.6 Å². The minimum atomic E-state index is -0.850. The first-order chi connectivity index (χ1) is 12.1. The number of nitrogens with zero attached hydrogens (tertiary/aromatic N) is 3. The Hall–Kier alpha value is -1.67. The summed E-state index contributed by atoms with van der Waals surface area (Å²) in [6.07, 6.45) is 0. The maximum Gasteiger partial charge on any atom is 0.345 e. The van der Waals surface area contributed by atoms with Crippen LogP contribution >= 0.6 is 34.3 Å². The first-order valence-electron chi connectivity index (χ1n) is 7.94. The van der Waals surface area contributed by atoms with Gasteiger partial charge in [0, 0.05) is 42.6 Å². The van der Waals surface area contributed by atoms with Crippen molar-refractivity contribution in [2.45, 2.75) is 6.54 Å². The molecule has 3 heterocycles. The van der Waals surface area contributed by atoms with Gasteiger partial charge in [-0.1, -0.05) is 22.9 Å². The van der Waals surface area contributed by atoms with Gasteiger partial charge in [0.15, 0.2) is 5.13 Å². The van der Waals surface area contributed by atoms with Gasteiger partial charge >= 0.3 is 5.97 Å². The van der Waals surface area contributed by atoms with Crippen LogP contribution in [0, 0.1) is 0 Å². The second-order valence-electron chi connectivity index (χ2n) is 5.94. The molecular formula is C17H16ClN3O2S2. The number of thiazole rings is 1. The van der Waals surface area contributed by atoms with E-state index in [1.807, 2.05) is 24.3 Å². The van der Waals surface area contributed by atoms with E-state index >= 15 is 0 Å². The van der Waals surface area contributed by atoms with Crippen LogP contribution in [0.3, 0.4) is 0 Å².